The van der Waals surface area contributed by atoms with Crippen molar-refractivity contribution in [3.8, 4) is 0 Å². The normalized spacial score (nSPS) is 27.4. The Morgan fingerprint density at radius 2 is 2.41 bits per heavy atom. The van der Waals surface area contributed by atoms with Gasteiger partial charge in [0.05, 0.1) is 17.8 Å². The average molecular weight is 252 g/mol. The van der Waals surface area contributed by atoms with Crippen molar-refractivity contribution in [2.75, 3.05) is 11.9 Å². The number of nitrogens with zero attached hydrogens (tertiary/aromatic N) is 2. The summed E-state index contributed by atoms with van der Waals surface area (Å²) in [7, 11) is 0. The number of carbonyl (C=O) groups excluding carboxylic acids is 1. The molecule has 5 heteroatoms. The van der Waals surface area contributed by atoms with E-state index in [9.17, 15) is 4.79 Å². The van der Waals surface area contributed by atoms with Crippen LogP contribution in [0.3, 0.4) is 0 Å². The summed E-state index contributed by atoms with van der Waals surface area (Å²) >= 11 is 6.01. The van der Waals surface area contributed by atoms with Gasteiger partial charge in [-0.3, -0.25) is 4.79 Å². The van der Waals surface area contributed by atoms with Gasteiger partial charge < -0.3 is 10.2 Å². The first-order chi connectivity index (χ1) is 8.25. The van der Waals surface area contributed by atoms with E-state index in [1.54, 1.807) is 6.20 Å². The van der Waals surface area contributed by atoms with Gasteiger partial charge in [0.1, 0.15) is 0 Å². The zero-order valence-corrected chi connectivity index (χ0v) is 10.2. The summed E-state index contributed by atoms with van der Waals surface area (Å²) < 4.78 is 0. The van der Waals surface area contributed by atoms with Crippen molar-refractivity contribution in [2.45, 2.75) is 31.3 Å². The van der Waals surface area contributed by atoms with Gasteiger partial charge >= 0.3 is 0 Å². The van der Waals surface area contributed by atoms with Crippen molar-refractivity contribution in [3.05, 3.63) is 23.5 Å². The minimum Gasteiger partial charge on any atom is -0.377 e. The van der Waals surface area contributed by atoms with E-state index in [0.717, 1.165) is 25.1 Å². The van der Waals surface area contributed by atoms with E-state index in [0.29, 0.717) is 17.6 Å². The number of carbonyl (C=O) groups is 1. The Morgan fingerprint density at radius 1 is 1.53 bits per heavy atom. The Bertz CT molecular complexity index is 451. The number of aromatic nitrogens is 1. The molecule has 0 bridgehead atoms. The molecule has 17 heavy (non-hydrogen) atoms. The van der Waals surface area contributed by atoms with Crippen molar-refractivity contribution in [1.82, 2.24) is 9.88 Å². The molecule has 2 aliphatic rings. The van der Waals surface area contributed by atoms with Crippen molar-refractivity contribution < 1.29 is 4.79 Å². The Hall–Kier alpha value is -1.29. The highest BCUT2D eigenvalue weighted by Gasteiger charge is 2.42. The molecular formula is C12H14ClN3O. The summed E-state index contributed by atoms with van der Waals surface area (Å²) in [6, 6.07) is 4.25. The monoisotopic (exact) mass is 251 g/mol. The molecule has 2 aliphatic heterocycles. The predicted octanol–water partition coefficient (Wildman–Crippen LogP) is 1.91. The van der Waals surface area contributed by atoms with E-state index in [2.05, 4.69) is 10.3 Å². The van der Waals surface area contributed by atoms with Gasteiger partial charge in [0, 0.05) is 19.2 Å². The highest BCUT2D eigenvalue weighted by molar-refractivity contribution is 6.31. The van der Waals surface area contributed by atoms with Crippen molar-refractivity contribution >= 4 is 23.2 Å². The van der Waals surface area contributed by atoms with Crippen LogP contribution in [0.25, 0.3) is 0 Å². The number of rotatable bonds is 2. The molecule has 1 N–H and O–H groups in total. The predicted molar refractivity (Wildman–Crippen MR) is 66.0 cm³/mol. The minimum atomic E-state index is 0.173. The van der Waals surface area contributed by atoms with Gasteiger partial charge in [0.2, 0.25) is 5.91 Å². The standard InChI is InChI=1S/C12H14ClN3O/c13-12-8(3-1-5-14-12)15-9-7-11(17)16-6-2-4-10(9)16/h1,3,5,9-10,15H,2,4,6-7H2. The zero-order chi connectivity index (χ0) is 11.8. The molecule has 3 heterocycles. The highest BCUT2D eigenvalue weighted by atomic mass is 35.5. The lowest BCUT2D eigenvalue weighted by atomic mass is 10.1. The zero-order valence-electron chi connectivity index (χ0n) is 9.40. The lowest BCUT2D eigenvalue weighted by molar-refractivity contribution is -0.127. The first-order valence-electron chi connectivity index (χ1n) is 5.92. The molecule has 0 aromatic carbocycles. The summed E-state index contributed by atoms with van der Waals surface area (Å²) in [6.07, 6.45) is 4.42. The van der Waals surface area contributed by atoms with E-state index in [-0.39, 0.29) is 11.9 Å². The lowest BCUT2D eigenvalue weighted by Gasteiger charge is -2.22. The van der Waals surface area contributed by atoms with Crippen molar-refractivity contribution in [2.24, 2.45) is 0 Å². The number of halogens is 1. The topological polar surface area (TPSA) is 45.2 Å². The number of hydrogen-bond donors (Lipinski definition) is 1. The fourth-order valence-electron chi connectivity index (χ4n) is 2.80. The van der Waals surface area contributed by atoms with E-state index >= 15 is 0 Å². The van der Waals surface area contributed by atoms with E-state index in [4.69, 9.17) is 11.6 Å². The first kappa shape index (κ1) is 10.8. The molecule has 0 aliphatic carbocycles. The van der Waals surface area contributed by atoms with Crippen LogP contribution in [0, 0.1) is 0 Å². The summed E-state index contributed by atoms with van der Waals surface area (Å²) in [5.41, 5.74) is 0.820. The average Bonchev–Trinajstić information content (AvgIpc) is 2.88. The molecular weight excluding hydrogens is 238 g/mol. The molecule has 0 saturated carbocycles. The van der Waals surface area contributed by atoms with Gasteiger partial charge in [0.25, 0.3) is 0 Å². The maximum atomic E-state index is 11.8. The molecule has 1 amide bonds. The van der Waals surface area contributed by atoms with Crippen LogP contribution in [-0.4, -0.2) is 34.4 Å². The van der Waals surface area contributed by atoms with Crippen LogP contribution in [0.2, 0.25) is 5.15 Å². The van der Waals surface area contributed by atoms with Crippen LogP contribution in [0.1, 0.15) is 19.3 Å². The second-order valence-electron chi connectivity index (χ2n) is 4.59. The summed E-state index contributed by atoms with van der Waals surface area (Å²) in [4.78, 5) is 17.8. The number of hydrogen-bond acceptors (Lipinski definition) is 3. The van der Waals surface area contributed by atoms with E-state index < -0.39 is 0 Å². The molecule has 0 radical (unpaired) electrons. The Kier molecular flexibility index (Phi) is 2.67. The van der Waals surface area contributed by atoms with Gasteiger partial charge in [-0.15, -0.1) is 0 Å². The SMILES string of the molecule is O=C1CC(Nc2cccnc2Cl)C2CCCN12. The fourth-order valence-corrected chi connectivity index (χ4v) is 2.98. The van der Waals surface area contributed by atoms with Crippen LogP contribution in [0.4, 0.5) is 5.69 Å². The second-order valence-corrected chi connectivity index (χ2v) is 4.95. The van der Waals surface area contributed by atoms with Gasteiger partial charge in [-0.25, -0.2) is 4.98 Å². The molecule has 1 aromatic heterocycles. The number of anilines is 1. The first-order valence-corrected chi connectivity index (χ1v) is 6.30. The number of nitrogens with one attached hydrogen (secondary N) is 1. The quantitative estimate of drug-likeness (QED) is 0.817. The maximum Gasteiger partial charge on any atom is 0.225 e. The second kappa shape index (κ2) is 4.18. The third-order valence-electron chi connectivity index (χ3n) is 3.58. The highest BCUT2D eigenvalue weighted by Crippen LogP contribution is 2.32. The van der Waals surface area contributed by atoms with Crippen molar-refractivity contribution in [3.63, 3.8) is 0 Å². The number of amides is 1. The molecule has 4 nitrogen and oxygen atoms in total. The molecule has 2 saturated heterocycles. The molecule has 0 spiro atoms. The molecule has 2 fully saturated rings. The minimum absolute atomic E-state index is 0.173. The van der Waals surface area contributed by atoms with E-state index in [1.165, 1.54) is 0 Å². The molecule has 2 unspecified atom stereocenters. The Balaban J connectivity index is 1.78. The maximum absolute atomic E-state index is 11.8. The molecule has 3 rings (SSSR count). The van der Waals surface area contributed by atoms with E-state index in [1.807, 2.05) is 17.0 Å². The summed E-state index contributed by atoms with van der Waals surface area (Å²) in [6.45, 7) is 0.905. The molecule has 90 valence electrons. The largest absolute Gasteiger partial charge is 0.377 e. The van der Waals surface area contributed by atoms with Crippen LogP contribution in [-0.2, 0) is 4.79 Å². The smallest absolute Gasteiger partial charge is 0.225 e. The van der Waals surface area contributed by atoms with Crippen molar-refractivity contribution in [1.29, 1.82) is 0 Å². The third kappa shape index (κ3) is 1.86. The fraction of sp³-hybridized carbons (Fsp3) is 0.500. The number of pyridine rings is 1. The third-order valence-corrected chi connectivity index (χ3v) is 3.88. The van der Waals surface area contributed by atoms with Crippen LogP contribution >= 0.6 is 11.6 Å². The lowest BCUT2D eigenvalue weighted by Crippen LogP contribution is -2.34. The Labute approximate surface area is 105 Å². The van der Waals surface area contributed by atoms with Crippen LogP contribution in [0.15, 0.2) is 18.3 Å². The summed E-state index contributed by atoms with van der Waals surface area (Å²) in [5.74, 6) is 0.255. The van der Waals surface area contributed by atoms with Gasteiger partial charge in [-0.2, -0.15) is 0 Å². The van der Waals surface area contributed by atoms with Crippen LogP contribution < -0.4 is 5.32 Å². The Morgan fingerprint density at radius 3 is 3.24 bits per heavy atom. The summed E-state index contributed by atoms with van der Waals surface area (Å²) in [5, 5.41) is 3.82. The van der Waals surface area contributed by atoms with Gasteiger partial charge in [-0.1, -0.05) is 11.6 Å². The van der Waals surface area contributed by atoms with Gasteiger partial charge in [0.15, 0.2) is 5.15 Å². The molecule has 2 atom stereocenters. The number of fused-ring (bicyclic) bond motifs is 1. The molecule has 1 aromatic rings. The van der Waals surface area contributed by atoms with Crippen LogP contribution in [0.5, 0.6) is 0 Å². The van der Waals surface area contributed by atoms with Gasteiger partial charge in [-0.05, 0) is 25.0 Å².